The molecule has 4 nitrogen and oxygen atoms in total. The minimum atomic E-state index is -1.08. The molecule has 0 amide bonds. The lowest BCUT2D eigenvalue weighted by atomic mass is 9.86. The van der Waals surface area contributed by atoms with Gasteiger partial charge in [-0.2, -0.15) is 0 Å². The monoisotopic (exact) mass is 366 g/mol. The molecule has 0 aliphatic carbocycles. The van der Waals surface area contributed by atoms with Crippen LogP contribution in [0, 0.1) is 6.92 Å². The molecule has 22 heavy (non-hydrogen) atoms. The molecule has 0 unspecified atom stereocenters. The zero-order valence-corrected chi connectivity index (χ0v) is 14.7. The summed E-state index contributed by atoms with van der Waals surface area (Å²) in [6.45, 7) is 8.54. The van der Waals surface area contributed by atoms with Gasteiger partial charge in [0.05, 0.1) is 0 Å². The van der Waals surface area contributed by atoms with Crippen LogP contribution in [0.3, 0.4) is 0 Å². The molecule has 2 rings (SSSR count). The first-order chi connectivity index (χ1) is 10.2. The summed E-state index contributed by atoms with van der Waals surface area (Å²) in [4.78, 5) is 10.8. The van der Waals surface area contributed by atoms with E-state index in [0.717, 1.165) is 21.3 Å². The van der Waals surface area contributed by atoms with Crippen LogP contribution in [-0.4, -0.2) is 11.1 Å². The maximum absolute atomic E-state index is 10.8. The number of rotatable bonds is 4. The predicted octanol–water partition coefficient (Wildman–Crippen LogP) is 4.93. The Morgan fingerprint density at radius 1 is 1.32 bits per heavy atom. The highest BCUT2D eigenvalue weighted by Gasteiger charge is 2.21. The fraction of sp³-hybridized carbons (Fsp3) is 0.353. The lowest BCUT2D eigenvalue weighted by Crippen LogP contribution is -2.14. The average Bonchev–Trinajstić information content (AvgIpc) is 2.87. The molecule has 0 aliphatic heterocycles. The Hall–Kier alpha value is -1.75. The molecule has 1 aromatic carbocycles. The minimum absolute atomic E-state index is 0.0685. The van der Waals surface area contributed by atoms with Crippen molar-refractivity contribution >= 4 is 21.9 Å². The number of aryl methyl sites for hydroxylation is 1. The van der Waals surface area contributed by atoms with Gasteiger partial charge in [0.25, 0.3) is 0 Å². The lowest BCUT2D eigenvalue weighted by Gasteiger charge is -2.23. The molecule has 0 fully saturated rings. The number of furan rings is 1. The third kappa shape index (κ3) is 3.71. The van der Waals surface area contributed by atoms with Gasteiger partial charge in [0.1, 0.15) is 18.1 Å². The molecule has 0 saturated carbocycles. The Balaban J connectivity index is 2.24. The van der Waals surface area contributed by atoms with Gasteiger partial charge < -0.3 is 14.3 Å². The van der Waals surface area contributed by atoms with E-state index in [1.165, 1.54) is 6.07 Å². The average molecular weight is 367 g/mol. The fourth-order valence-corrected chi connectivity index (χ4v) is 2.42. The van der Waals surface area contributed by atoms with Crippen LogP contribution >= 0.6 is 15.9 Å². The van der Waals surface area contributed by atoms with Crippen LogP contribution in [0.15, 0.2) is 33.2 Å². The Morgan fingerprint density at radius 3 is 2.55 bits per heavy atom. The van der Waals surface area contributed by atoms with Crippen molar-refractivity contribution in [3.63, 3.8) is 0 Å². The van der Waals surface area contributed by atoms with Crippen LogP contribution in [0.1, 0.15) is 48.2 Å². The van der Waals surface area contributed by atoms with Gasteiger partial charge in [-0.05, 0) is 42.2 Å². The summed E-state index contributed by atoms with van der Waals surface area (Å²) < 4.78 is 12.1. The van der Waals surface area contributed by atoms with Crippen LogP contribution in [0.5, 0.6) is 5.75 Å². The van der Waals surface area contributed by atoms with Gasteiger partial charge in [0, 0.05) is 10.0 Å². The lowest BCUT2D eigenvalue weighted by molar-refractivity contribution is 0.0658. The van der Waals surface area contributed by atoms with Crippen molar-refractivity contribution in [3.05, 3.63) is 51.4 Å². The molecular weight excluding hydrogens is 348 g/mol. The number of aromatic carboxylic acids is 1. The third-order valence-electron chi connectivity index (χ3n) is 3.31. The molecule has 118 valence electrons. The molecule has 0 radical (unpaired) electrons. The van der Waals surface area contributed by atoms with Gasteiger partial charge in [-0.1, -0.05) is 36.7 Å². The van der Waals surface area contributed by atoms with Crippen molar-refractivity contribution in [3.8, 4) is 5.75 Å². The normalized spacial score (nSPS) is 11.5. The zero-order valence-electron chi connectivity index (χ0n) is 13.1. The molecule has 5 heteroatoms. The molecule has 0 atom stereocenters. The van der Waals surface area contributed by atoms with Gasteiger partial charge >= 0.3 is 5.97 Å². The Bertz CT molecular complexity index is 695. The summed E-state index contributed by atoms with van der Waals surface area (Å²) in [7, 11) is 0. The summed E-state index contributed by atoms with van der Waals surface area (Å²) >= 11 is 3.55. The number of carbonyl (C=O) groups is 1. The molecular formula is C17H19BrO4. The maximum Gasteiger partial charge on any atom is 0.371 e. The van der Waals surface area contributed by atoms with E-state index in [4.69, 9.17) is 14.3 Å². The number of carboxylic acids is 1. The van der Waals surface area contributed by atoms with Crippen molar-refractivity contribution in [1.82, 2.24) is 0 Å². The number of halogens is 1. The van der Waals surface area contributed by atoms with Crippen molar-refractivity contribution < 1.29 is 19.1 Å². The highest BCUT2D eigenvalue weighted by atomic mass is 79.9. The van der Waals surface area contributed by atoms with Crippen molar-refractivity contribution in [2.75, 3.05) is 0 Å². The summed E-state index contributed by atoms with van der Waals surface area (Å²) in [6.07, 6.45) is 0. The van der Waals surface area contributed by atoms with E-state index in [9.17, 15) is 4.79 Å². The van der Waals surface area contributed by atoms with E-state index >= 15 is 0 Å². The number of ether oxygens (including phenoxy) is 1. The number of benzene rings is 1. The first kappa shape index (κ1) is 16.6. The van der Waals surface area contributed by atoms with Gasteiger partial charge in [0.2, 0.25) is 5.76 Å². The number of carboxylic acid groups (broad SMARTS) is 1. The van der Waals surface area contributed by atoms with Gasteiger partial charge in [-0.15, -0.1) is 0 Å². The number of hydrogen-bond donors (Lipinski definition) is 1. The molecule has 1 N–H and O–H groups in total. The van der Waals surface area contributed by atoms with E-state index in [1.54, 1.807) is 6.07 Å². The molecule has 1 heterocycles. The summed E-state index contributed by atoms with van der Waals surface area (Å²) in [5.74, 6) is 0.0991. The van der Waals surface area contributed by atoms with E-state index in [0.29, 0.717) is 5.76 Å². The second-order valence-electron chi connectivity index (χ2n) is 6.21. The first-order valence-electron chi connectivity index (χ1n) is 6.94. The molecule has 1 aromatic heterocycles. The Labute approximate surface area is 138 Å². The highest BCUT2D eigenvalue weighted by molar-refractivity contribution is 9.10. The van der Waals surface area contributed by atoms with Crippen LogP contribution < -0.4 is 4.74 Å². The van der Waals surface area contributed by atoms with Crippen molar-refractivity contribution in [1.29, 1.82) is 0 Å². The minimum Gasteiger partial charge on any atom is -0.485 e. The second kappa shape index (κ2) is 6.16. The SMILES string of the molecule is Cc1cc(OCc2ccc(C(=O)O)o2)c(C(C)(C)C)cc1Br. The predicted molar refractivity (Wildman–Crippen MR) is 87.6 cm³/mol. The van der Waals surface area contributed by atoms with Crippen LogP contribution in [-0.2, 0) is 12.0 Å². The Morgan fingerprint density at radius 2 is 2.00 bits per heavy atom. The molecule has 0 saturated heterocycles. The highest BCUT2D eigenvalue weighted by Crippen LogP contribution is 2.36. The zero-order chi connectivity index (χ0) is 16.5. The topological polar surface area (TPSA) is 59.7 Å². The quantitative estimate of drug-likeness (QED) is 0.833. The second-order valence-corrected chi connectivity index (χ2v) is 7.06. The third-order valence-corrected chi connectivity index (χ3v) is 4.17. The van der Waals surface area contributed by atoms with Gasteiger partial charge in [-0.3, -0.25) is 0 Å². The number of hydrogen-bond acceptors (Lipinski definition) is 3. The standard InChI is InChI=1S/C17H19BrO4/c1-10-7-15(12(8-13(10)18)17(2,3)4)21-9-11-5-6-14(22-11)16(19)20/h5-8H,9H2,1-4H3,(H,19,20). The maximum atomic E-state index is 10.8. The molecule has 0 spiro atoms. The summed E-state index contributed by atoms with van der Waals surface area (Å²) in [6, 6.07) is 7.09. The van der Waals surface area contributed by atoms with E-state index in [-0.39, 0.29) is 17.8 Å². The van der Waals surface area contributed by atoms with Crippen molar-refractivity contribution in [2.45, 2.75) is 39.7 Å². The van der Waals surface area contributed by atoms with Crippen molar-refractivity contribution in [2.24, 2.45) is 0 Å². The van der Waals surface area contributed by atoms with E-state index in [2.05, 4.69) is 42.8 Å². The van der Waals surface area contributed by atoms with Gasteiger partial charge in [0.15, 0.2) is 0 Å². The first-order valence-corrected chi connectivity index (χ1v) is 7.73. The largest absolute Gasteiger partial charge is 0.485 e. The van der Waals surface area contributed by atoms with E-state index in [1.807, 2.05) is 13.0 Å². The van der Waals surface area contributed by atoms with E-state index < -0.39 is 5.97 Å². The van der Waals surface area contributed by atoms with Crippen LogP contribution in [0.4, 0.5) is 0 Å². The summed E-state index contributed by atoms with van der Waals surface area (Å²) in [5, 5.41) is 8.86. The fourth-order valence-electron chi connectivity index (χ4n) is 2.08. The smallest absolute Gasteiger partial charge is 0.371 e. The van der Waals surface area contributed by atoms with Crippen LogP contribution in [0.2, 0.25) is 0 Å². The Kier molecular flexibility index (Phi) is 4.66. The van der Waals surface area contributed by atoms with Gasteiger partial charge in [-0.25, -0.2) is 4.79 Å². The molecule has 0 bridgehead atoms. The molecule has 2 aromatic rings. The molecule has 0 aliphatic rings. The van der Waals surface area contributed by atoms with Crippen LogP contribution in [0.25, 0.3) is 0 Å². The summed E-state index contributed by atoms with van der Waals surface area (Å²) in [5.41, 5.74) is 2.09.